The third-order valence-corrected chi connectivity index (χ3v) is 15.4. The molecule has 2 N–H and O–H groups in total. The van der Waals surface area contributed by atoms with E-state index in [9.17, 15) is 36.4 Å². The highest BCUT2D eigenvalue weighted by Crippen LogP contribution is 2.51. The van der Waals surface area contributed by atoms with Gasteiger partial charge in [0.1, 0.15) is 41.3 Å². The van der Waals surface area contributed by atoms with E-state index in [1.807, 2.05) is 0 Å². The van der Waals surface area contributed by atoms with E-state index in [2.05, 4.69) is 20.6 Å². The number of ether oxygens (including phenoxy) is 3. The molecule has 59 heavy (non-hydrogen) atoms. The summed E-state index contributed by atoms with van der Waals surface area (Å²) in [7, 11) is -2.63. The molecule has 5 aliphatic rings. The Morgan fingerprint density at radius 2 is 1.80 bits per heavy atom. The third kappa shape index (κ3) is 8.28. The first-order valence-electron chi connectivity index (χ1n) is 20.3. The van der Waals surface area contributed by atoms with Crippen LogP contribution in [0.15, 0.2) is 18.2 Å². The molecule has 3 amide bonds. The Morgan fingerprint density at radius 3 is 2.42 bits per heavy atom. The molecular weight excluding hydrogens is 803 g/mol. The monoisotopic (exact) mass is 853 g/mol. The molecule has 2 aliphatic heterocycles. The molecule has 1 aromatic heterocycles. The van der Waals surface area contributed by atoms with Gasteiger partial charge in [-0.15, -0.1) is 0 Å². The average molecular weight is 854 g/mol. The third-order valence-electron chi connectivity index (χ3n) is 12.9. The van der Waals surface area contributed by atoms with Gasteiger partial charge in [-0.25, -0.2) is 32.0 Å². The fourth-order valence-corrected chi connectivity index (χ4v) is 10.2. The standard InChI is InChI=1S/C40H51F4N5O9S/c1-6-23-28-18-49(31(23)34(51)48-39(17-24(39)33(41)42)29(50)19-59(54,55)38(4)13-14-38)36(52)30(20(2)3)47-37(53)58-27-15-21(27)9-7-8-12-40(43,44)32-35(57-28)46-26-16-22(56-5)10-11-25(26)45-32/h10-11,16,20-21,23-24,27-28,30-31,33H,6-9,12-15,17-19H2,1-5H3,(H,47,53)(H,48,51)/t21-,23-,24?,27-,28+,30+,31+,39-/m1/s1. The molecule has 19 heteroatoms. The van der Waals surface area contributed by atoms with Gasteiger partial charge in [-0.3, -0.25) is 14.4 Å². The van der Waals surface area contributed by atoms with Gasteiger partial charge < -0.3 is 29.7 Å². The van der Waals surface area contributed by atoms with Crippen molar-refractivity contribution >= 4 is 44.6 Å². The smallest absolute Gasteiger partial charge is 0.408 e. The first-order valence-corrected chi connectivity index (χ1v) is 21.9. The lowest BCUT2D eigenvalue weighted by Crippen LogP contribution is -2.59. The summed E-state index contributed by atoms with van der Waals surface area (Å²) in [6.07, 6.45) is -4.54. The van der Waals surface area contributed by atoms with Crippen LogP contribution in [-0.4, -0.2) is 107 Å². The number of alkyl carbamates (subject to hydrolysis) is 1. The Balaban J connectivity index is 1.29. The van der Waals surface area contributed by atoms with Crippen molar-refractivity contribution < 1.29 is 59.4 Å². The summed E-state index contributed by atoms with van der Waals surface area (Å²) in [6.45, 7) is 6.03. The average Bonchev–Trinajstić information content (AvgIpc) is 4.13. The lowest BCUT2D eigenvalue weighted by molar-refractivity contribution is -0.142. The van der Waals surface area contributed by atoms with E-state index in [1.165, 1.54) is 26.2 Å². The van der Waals surface area contributed by atoms with Crippen molar-refractivity contribution in [3.05, 3.63) is 23.9 Å². The topological polar surface area (TPSA) is 183 Å². The molecule has 2 bridgehead atoms. The number of alkyl halides is 4. The van der Waals surface area contributed by atoms with Crippen molar-refractivity contribution in [2.24, 2.45) is 23.7 Å². The van der Waals surface area contributed by atoms with Crippen molar-refractivity contribution in [1.29, 1.82) is 0 Å². The van der Waals surface area contributed by atoms with Gasteiger partial charge >= 0.3 is 6.09 Å². The predicted octanol–water partition coefficient (Wildman–Crippen LogP) is 5.10. The number of halogens is 4. The fraction of sp³-hybridized carbons (Fsp3) is 0.700. The number of rotatable bonds is 10. The zero-order valence-electron chi connectivity index (χ0n) is 33.6. The van der Waals surface area contributed by atoms with E-state index in [1.54, 1.807) is 26.8 Å². The van der Waals surface area contributed by atoms with Crippen LogP contribution >= 0.6 is 0 Å². The van der Waals surface area contributed by atoms with Gasteiger partial charge in [0, 0.05) is 18.4 Å². The minimum absolute atomic E-state index is 0.0508. The lowest BCUT2D eigenvalue weighted by atomic mass is 9.93. The van der Waals surface area contributed by atoms with Crippen LogP contribution in [0.3, 0.4) is 0 Å². The maximum atomic E-state index is 16.3. The molecule has 7 rings (SSSR count). The van der Waals surface area contributed by atoms with Crippen LogP contribution < -0.4 is 20.1 Å². The number of benzene rings is 1. The zero-order valence-corrected chi connectivity index (χ0v) is 34.5. The van der Waals surface area contributed by atoms with Crippen LogP contribution in [-0.2, 0) is 34.9 Å². The number of fused-ring (bicyclic) bond motifs is 5. The number of carbonyl (C=O) groups is 4. The van der Waals surface area contributed by atoms with E-state index < -0.39 is 135 Å². The van der Waals surface area contributed by atoms with Crippen molar-refractivity contribution in [3.8, 4) is 11.6 Å². The Bertz CT molecular complexity index is 2120. The first-order chi connectivity index (χ1) is 27.7. The van der Waals surface area contributed by atoms with Gasteiger partial charge in [-0.1, -0.05) is 27.2 Å². The van der Waals surface area contributed by atoms with Crippen LogP contribution in [0.1, 0.15) is 91.2 Å². The van der Waals surface area contributed by atoms with Gasteiger partial charge in [0.25, 0.3) is 5.92 Å². The highest BCUT2D eigenvalue weighted by molar-refractivity contribution is 7.93. The normalized spacial score (nSPS) is 31.5. The molecule has 0 radical (unpaired) electrons. The van der Waals surface area contributed by atoms with Crippen LogP contribution in [0.25, 0.3) is 11.0 Å². The van der Waals surface area contributed by atoms with Crippen LogP contribution in [0.2, 0.25) is 0 Å². The lowest BCUT2D eigenvalue weighted by Gasteiger charge is -2.32. The van der Waals surface area contributed by atoms with Crippen LogP contribution in [0.4, 0.5) is 22.4 Å². The molecule has 0 spiro atoms. The molecule has 3 heterocycles. The quantitative estimate of drug-likeness (QED) is 0.303. The first kappa shape index (κ1) is 42.8. The van der Waals surface area contributed by atoms with Gasteiger partial charge in [0.05, 0.1) is 35.4 Å². The van der Waals surface area contributed by atoms with Crippen molar-refractivity contribution in [2.45, 2.75) is 132 Å². The molecular formula is C40H51F4N5O9S. The molecule has 14 nitrogen and oxygen atoms in total. The molecule has 1 saturated heterocycles. The number of hydrogen-bond donors (Lipinski definition) is 2. The molecule has 3 saturated carbocycles. The Kier molecular flexibility index (Phi) is 11.3. The van der Waals surface area contributed by atoms with E-state index in [0.29, 0.717) is 37.9 Å². The molecule has 2 aromatic rings. The number of amides is 3. The maximum Gasteiger partial charge on any atom is 0.408 e. The largest absolute Gasteiger partial charge is 0.497 e. The summed E-state index contributed by atoms with van der Waals surface area (Å²) >= 11 is 0. The van der Waals surface area contributed by atoms with Crippen molar-refractivity contribution in [2.75, 3.05) is 19.4 Å². The predicted molar refractivity (Wildman–Crippen MR) is 204 cm³/mol. The number of nitrogens with zero attached hydrogens (tertiary/aromatic N) is 3. The van der Waals surface area contributed by atoms with Gasteiger partial charge in [0.2, 0.25) is 24.1 Å². The van der Waals surface area contributed by atoms with E-state index in [-0.39, 0.29) is 29.8 Å². The summed E-state index contributed by atoms with van der Waals surface area (Å²) in [5.41, 5.74) is -2.68. The molecule has 8 atom stereocenters. The number of hydrogen-bond acceptors (Lipinski definition) is 11. The van der Waals surface area contributed by atoms with E-state index in [0.717, 1.165) is 4.90 Å². The zero-order chi connectivity index (χ0) is 42.8. The number of ketones is 1. The van der Waals surface area contributed by atoms with Crippen LogP contribution in [0, 0.1) is 23.7 Å². The number of Topliss-reactive ketones (excluding diaryl/α,β-unsaturated/α-hetero) is 1. The second-order valence-electron chi connectivity index (χ2n) is 17.4. The number of sulfone groups is 1. The van der Waals surface area contributed by atoms with Gasteiger partial charge in [0.15, 0.2) is 21.3 Å². The molecule has 1 aromatic carbocycles. The van der Waals surface area contributed by atoms with E-state index >= 15 is 8.78 Å². The van der Waals surface area contributed by atoms with Gasteiger partial charge in [-0.05, 0) is 75.8 Å². The molecule has 1 unspecified atom stereocenters. The Hall–Kier alpha value is -4.29. The van der Waals surface area contributed by atoms with E-state index in [4.69, 9.17) is 14.2 Å². The van der Waals surface area contributed by atoms with Crippen molar-refractivity contribution in [1.82, 2.24) is 25.5 Å². The minimum Gasteiger partial charge on any atom is -0.497 e. The molecule has 324 valence electrons. The summed E-state index contributed by atoms with van der Waals surface area (Å²) < 4.78 is 104. The highest BCUT2D eigenvalue weighted by Gasteiger charge is 2.67. The molecule has 4 fully saturated rings. The minimum atomic E-state index is -4.06. The number of methoxy groups -OCH3 is 1. The fourth-order valence-electron chi connectivity index (χ4n) is 8.57. The van der Waals surface area contributed by atoms with Crippen LogP contribution in [0.5, 0.6) is 11.6 Å². The van der Waals surface area contributed by atoms with Crippen molar-refractivity contribution in [3.63, 3.8) is 0 Å². The number of carbonyl (C=O) groups excluding carboxylic acids is 4. The summed E-state index contributed by atoms with van der Waals surface area (Å²) in [6, 6.07) is 1.71. The summed E-state index contributed by atoms with van der Waals surface area (Å²) in [5, 5.41) is 5.08. The van der Waals surface area contributed by atoms with Gasteiger partial charge in [-0.2, -0.15) is 8.78 Å². The molecule has 3 aliphatic carbocycles. The highest BCUT2D eigenvalue weighted by atomic mass is 32.2. The Morgan fingerprint density at radius 1 is 1.07 bits per heavy atom. The second kappa shape index (κ2) is 15.6. The SMILES string of the molecule is CC[C@@H]1[C@@H]2CN(C(=O)[C@H](C(C)C)NC(=O)O[C@@H]3C[C@H]3CCCCC(F)(F)c3nc4ccc(OC)cc4nc3O2)[C@@H]1C(=O)N[C@]1(C(=O)CS(=O)(=O)C2(C)CC2)CC1C(F)F. The Labute approximate surface area is 339 Å². The second-order valence-corrected chi connectivity index (χ2v) is 19.9. The maximum absolute atomic E-state index is 16.3. The number of nitrogens with one attached hydrogen (secondary N) is 2. The number of aromatic nitrogens is 2. The summed E-state index contributed by atoms with van der Waals surface area (Å²) in [5.74, 6) is -11.0. The summed E-state index contributed by atoms with van der Waals surface area (Å²) in [4.78, 5) is 66.0.